The van der Waals surface area contributed by atoms with E-state index in [1.165, 1.54) is 7.11 Å². The molecule has 1 unspecified atom stereocenters. The normalized spacial score (nSPS) is 19.1. The Morgan fingerprint density at radius 3 is 2.58 bits per heavy atom. The average molecular weight is 263 g/mol. The zero-order valence-electron chi connectivity index (χ0n) is 11.3. The summed E-state index contributed by atoms with van der Waals surface area (Å²) in [6, 6.07) is 9.73. The smallest absolute Gasteiger partial charge is 0.314 e. The number of methoxy groups -OCH3 is 1. The van der Waals surface area contributed by atoms with Gasteiger partial charge in [0.2, 0.25) is 0 Å². The number of likely N-dealkylation sites (tertiary alicyclic amines) is 1. The number of hydrogen-bond donors (Lipinski definition) is 1. The summed E-state index contributed by atoms with van der Waals surface area (Å²) in [7, 11) is 1.43. The Labute approximate surface area is 114 Å². The van der Waals surface area contributed by atoms with Gasteiger partial charge in [-0.15, -0.1) is 0 Å². The third-order valence-electron chi connectivity index (χ3n) is 3.69. The highest BCUT2D eigenvalue weighted by atomic mass is 16.5. The molecule has 104 valence electrons. The molecule has 1 N–H and O–H groups in total. The van der Waals surface area contributed by atoms with E-state index in [0.29, 0.717) is 6.54 Å². The summed E-state index contributed by atoms with van der Waals surface area (Å²) in [5, 5.41) is 9.52. The second-order valence-electron chi connectivity index (χ2n) is 5.02. The number of carbonyl (C=O) groups is 1. The van der Waals surface area contributed by atoms with Crippen LogP contribution in [-0.2, 0) is 9.53 Å². The highest BCUT2D eigenvalue weighted by Gasteiger charge is 2.26. The zero-order chi connectivity index (χ0) is 13.7. The number of piperidine rings is 1. The van der Waals surface area contributed by atoms with Crippen molar-refractivity contribution in [2.45, 2.75) is 24.9 Å². The van der Waals surface area contributed by atoms with Gasteiger partial charge < -0.3 is 14.7 Å². The predicted molar refractivity (Wildman–Crippen MR) is 72.9 cm³/mol. The van der Waals surface area contributed by atoms with Crippen molar-refractivity contribution in [3.8, 4) is 0 Å². The number of hydrogen-bond acceptors (Lipinski definition) is 4. The van der Waals surface area contributed by atoms with Crippen LogP contribution in [0, 0.1) is 0 Å². The van der Waals surface area contributed by atoms with E-state index in [0.717, 1.165) is 31.5 Å². The van der Waals surface area contributed by atoms with Crippen LogP contribution in [0.2, 0.25) is 0 Å². The molecule has 1 atom stereocenters. The maximum absolute atomic E-state index is 12.0. The minimum absolute atomic E-state index is 0.190. The van der Waals surface area contributed by atoms with Gasteiger partial charge in [0, 0.05) is 19.6 Å². The molecule has 4 nitrogen and oxygen atoms in total. The molecule has 4 heteroatoms. The molecule has 1 fully saturated rings. The molecule has 2 rings (SSSR count). The summed E-state index contributed by atoms with van der Waals surface area (Å²) in [6.07, 6.45) is 1.37. The molecule has 1 aliphatic rings. The molecule has 0 aliphatic carbocycles. The molecule has 1 aliphatic heterocycles. The van der Waals surface area contributed by atoms with Crippen molar-refractivity contribution < 1.29 is 14.6 Å². The Balaban J connectivity index is 2.05. The highest BCUT2D eigenvalue weighted by molar-refractivity contribution is 5.78. The quantitative estimate of drug-likeness (QED) is 0.834. The molecule has 0 saturated carbocycles. The first-order valence-electron chi connectivity index (χ1n) is 6.74. The molecule has 0 aromatic heterocycles. The lowest BCUT2D eigenvalue weighted by Gasteiger charge is -2.31. The van der Waals surface area contributed by atoms with Gasteiger partial charge in [-0.1, -0.05) is 30.3 Å². The van der Waals surface area contributed by atoms with Crippen LogP contribution in [0.15, 0.2) is 30.3 Å². The van der Waals surface area contributed by atoms with Crippen LogP contribution >= 0.6 is 0 Å². The van der Waals surface area contributed by atoms with Crippen molar-refractivity contribution in [3.05, 3.63) is 35.9 Å². The molecule has 1 aromatic carbocycles. The van der Waals surface area contributed by atoms with Gasteiger partial charge in [0.1, 0.15) is 0 Å². The summed E-state index contributed by atoms with van der Waals surface area (Å²) in [5.74, 6) is -0.446. The largest absolute Gasteiger partial charge is 0.469 e. The zero-order valence-corrected chi connectivity index (χ0v) is 11.3. The van der Waals surface area contributed by atoms with Gasteiger partial charge in [-0.3, -0.25) is 4.79 Å². The van der Waals surface area contributed by atoms with Crippen LogP contribution in [0.25, 0.3) is 0 Å². The fourth-order valence-corrected chi connectivity index (χ4v) is 2.50. The maximum Gasteiger partial charge on any atom is 0.314 e. The van der Waals surface area contributed by atoms with E-state index in [4.69, 9.17) is 4.74 Å². The molecule has 19 heavy (non-hydrogen) atoms. The number of esters is 1. The molecule has 0 spiro atoms. The summed E-state index contributed by atoms with van der Waals surface area (Å²) >= 11 is 0. The van der Waals surface area contributed by atoms with Crippen molar-refractivity contribution in [1.82, 2.24) is 4.90 Å². The Hall–Kier alpha value is -1.39. The summed E-state index contributed by atoms with van der Waals surface area (Å²) in [5.41, 5.74) is 0.987. The summed E-state index contributed by atoms with van der Waals surface area (Å²) < 4.78 is 4.91. The number of aliphatic hydroxyl groups excluding tert-OH is 1. The molecule has 0 amide bonds. The maximum atomic E-state index is 12.0. The van der Waals surface area contributed by atoms with Gasteiger partial charge in [0.25, 0.3) is 0 Å². The number of aliphatic hydroxyl groups is 1. The summed E-state index contributed by atoms with van der Waals surface area (Å²) in [4.78, 5) is 14.2. The van der Waals surface area contributed by atoms with Crippen LogP contribution in [0.3, 0.4) is 0 Å². The molecular formula is C15H21NO3. The first-order chi connectivity index (χ1) is 9.20. The van der Waals surface area contributed by atoms with Crippen molar-refractivity contribution >= 4 is 5.97 Å². The number of rotatable bonds is 4. The van der Waals surface area contributed by atoms with Gasteiger partial charge >= 0.3 is 5.97 Å². The van der Waals surface area contributed by atoms with Gasteiger partial charge in [0.05, 0.1) is 19.1 Å². The molecule has 0 bridgehead atoms. The highest BCUT2D eigenvalue weighted by Crippen LogP contribution is 2.21. The van der Waals surface area contributed by atoms with Crippen LogP contribution < -0.4 is 0 Å². The first-order valence-corrected chi connectivity index (χ1v) is 6.74. The minimum Gasteiger partial charge on any atom is -0.469 e. The first kappa shape index (κ1) is 14.0. The SMILES string of the molecule is COC(=O)C(CN1CCC(O)CC1)c1ccccc1. The standard InChI is InChI=1S/C15H21NO3/c1-19-15(18)14(12-5-3-2-4-6-12)11-16-9-7-13(17)8-10-16/h2-6,13-14,17H,7-11H2,1H3. The second kappa shape index (κ2) is 6.68. The Morgan fingerprint density at radius 1 is 1.37 bits per heavy atom. The van der Waals surface area contributed by atoms with E-state index < -0.39 is 0 Å². The van der Waals surface area contributed by atoms with Crippen molar-refractivity contribution in [2.75, 3.05) is 26.7 Å². The van der Waals surface area contributed by atoms with Crippen molar-refractivity contribution in [1.29, 1.82) is 0 Å². The predicted octanol–water partition coefficient (Wildman–Crippen LogP) is 1.40. The van der Waals surface area contributed by atoms with E-state index in [1.807, 2.05) is 30.3 Å². The summed E-state index contributed by atoms with van der Waals surface area (Å²) in [6.45, 7) is 2.33. The fourth-order valence-electron chi connectivity index (χ4n) is 2.50. The molecule has 1 saturated heterocycles. The van der Waals surface area contributed by atoms with Gasteiger partial charge in [-0.05, 0) is 18.4 Å². The third kappa shape index (κ3) is 3.78. The number of nitrogens with zero attached hydrogens (tertiary/aromatic N) is 1. The molecular weight excluding hydrogens is 242 g/mol. The minimum atomic E-state index is -0.249. The van der Waals surface area contributed by atoms with E-state index in [1.54, 1.807) is 0 Å². The average Bonchev–Trinajstić information content (AvgIpc) is 2.47. The number of benzene rings is 1. The van der Waals surface area contributed by atoms with Crippen LogP contribution in [0.1, 0.15) is 24.3 Å². The second-order valence-corrected chi connectivity index (χ2v) is 5.02. The topological polar surface area (TPSA) is 49.8 Å². The molecule has 1 heterocycles. The van der Waals surface area contributed by atoms with Gasteiger partial charge in [-0.25, -0.2) is 0 Å². The molecule has 1 aromatic rings. The van der Waals surface area contributed by atoms with E-state index >= 15 is 0 Å². The molecule has 0 radical (unpaired) electrons. The van der Waals surface area contributed by atoms with Gasteiger partial charge in [0.15, 0.2) is 0 Å². The van der Waals surface area contributed by atoms with E-state index in [9.17, 15) is 9.90 Å². The van der Waals surface area contributed by atoms with E-state index in [2.05, 4.69) is 4.90 Å². The lowest BCUT2D eigenvalue weighted by atomic mass is 9.97. The number of carbonyl (C=O) groups excluding carboxylic acids is 1. The van der Waals surface area contributed by atoms with Crippen LogP contribution in [0.4, 0.5) is 0 Å². The lowest BCUT2D eigenvalue weighted by molar-refractivity contribution is -0.143. The Kier molecular flexibility index (Phi) is 4.93. The van der Waals surface area contributed by atoms with Gasteiger partial charge in [-0.2, -0.15) is 0 Å². The van der Waals surface area contributed by atoms with Crippen molar-refractivity contribution in [3.63, 3.8) is 0 Å². The van der Waals surface area contributed by atoms with E-state index in [-0.39, 0.29) is 18.0 Å². The van der Waals surface area contributed by atoms with Crippen molar-refractivity contribution in [2.24, 2.45) is 0 Å². The lowest BCUT2D eigenvalue weighted by Crippen LogP contribution is -2.40. The number of ether oxygens (including phenoxy) is 1. The van der Waals surface area contributed by atoms with Crippen LogP contribution in [-0.4, -0.2) is 48.8 Å². The van der Waals surface area contributed by atoms with Crippen LogP contribution in [0.5, 0.6) is 0 Å². The third-order valence-corrected chi connectivity index (χ3v) is 3.69. The Bertz CT molecular complexity index is 399. The Morgan fingerprint density at radius 2 is 2.00 bits per heavy atom. The monoisotopic (exact) mass is 263 g/mol. The fraction of sp³-hybridized carbons (Fsp3) is 0.533.